The fourth-order valence-electron chi connectivity index (χ4n) is 4.71. The lowest BCUT2D eigenvalue weighted by molar-refractivity contribution is -0.0507. The van der Waals surface area contributed by atoms with E-state index in [0.29, 0.717) is 27.8 Å². The third-order valence-corrected chi connectivity index (χ3v) is 7.12. The second kappa shape index (κ2) is 20.4. The molecule has 0 unspecified atom stereocenters. The number of rotatable bonds is 12. The number of alkyl halides is 6. The number of ketones is 3. The summed E-state index contributed by atoms with van der Waals surface area (Å²) in [4.78, 5) is 36.2. The highest BCUT2D eigenvalue weighted by molar-refractivity contribution is 6.11. The van der Waals surface area contributed by atoms with Crippen LogP contribution in [0.15, 0.2) is 164 Å². The molecule has 0 radical (unpaired) electrons. The molecule has 12 heteroatoms. The van der Waals surface area contributed by atoms with Crippen LogP contribution in [-0.2, 0) is 0 Å². The van der Waals surface area contributed by atoms with Gasteiger partial charge in [-0.15, -0.1) is 0 Å². The van der Waals surface area contributed by atoms with Crippen LogP contribution in [0.25, 0.3) is 0 Å². The van der Waals surface area contributed by atoms with Crippen molar-refractivity contribution in [2.45, 2.75) is 19.8 Å². The molecule has 0 atom stereocenters. The van der Waals surface area contributed by atoms with Crippen molar-refractivity contribution in [1.29, 1.82) is 0 Å². The summed E-state index contributed by atoms with van der Waals surface area (Å²) in [6.45, 7) is -8.71. The number of carbonyl (C=O) groups excluding carboxylic acids is 3. The Labute approximate surface area is 306 Å². The summed E-state index contributed by atoms with van der Waals surface area (Å²) in [5.41, 5.74) is 2.38. The van der Waals surface area contributed by atoms with Crippen LogP contribution in [0.2, 0.25) is 0 Å². The minimum Gasteiger partial charge on any atom is -0.435 e. The van der Waals surface area contributed by atoms with E-state index in [9.17, 15) is 40.7 Å². The summed E-state index contributed by atoms with van der Waals surface area (Å²) in [6.07, 6.45) is 0. The standard InChI is InChI=1S/3C14H10F2O2/c15-14(16)18-12-9-5-4-8-11(12)13(17)10-6-2-1-3-7-10;15-14(16)18-12-8-4-7-11(9-12)13(17)10-5-2-1-3-6-10;15-14(16)18-12-8-6-11(7-9-12)13(17)10-4-2-1-3-5-10/h3*1-9,14H. The molecular weight excluding hydrogens is 714 g/mol. The second-order valence-corrected chi connectivity index (χ2v) is 10.8. The Morgan fingerprint density at radius 2 is 0.741 bits per heavy atom. The molecule has 54 heavy (non-hydrogen) atoms. The number of hydrogen-bond acceptors (Lipinski definition) is 6. The van der Waals surface area contributed by atoms with Gasteiger partial charge in [-0.05, 0) is 48.5 Å². The van der Waals surface area contributed by atoms with Crippen LogP contribution in [0, 0.1) is 0 Å². The number of halogens is 6. The minimum absolute atomic E-state index is 0.0215. The molecule has 6 aromatic carbocycles. The average molecular weight is 745 g/mol. The van der Waals surface area contributed by atoms with Crippen LogP contribution >= 0.6 is 0 Å². The van der Waals surface area contributed by atoms with Crippen molar-refractivity contribution in [3.05, 3.63) is 197 Å². The molecule has 0 amide bonds. The molecule has 6 aromatic rings. The van der Waals surface area contributed by atoms with Gasteiger partial charge in [0, 0.05) is 27.8 Å². The molecule has 276 valence electrons. The van der Waals surface area contributed by atoms with Crippen LogP contribution in [0.3, 0.4) is 0 Å². The van der Waals surface area contributed by atoms with Gasteiger partial charge in [-0.3, -0.25) is 14.4 Å². The van der Waals surface area contributed by atoms with Gasteiger partial charge in [0.05, 0.1) is 5.56 Å². The Hall–Kier alpha value is -6.69. The van der Waals surface area contributed by atoms with E-state index in [0.717, 1.165) is 0 Å². The summed E-state index contributed by atoms with van der Waals surface area (Å²) in [6, 6.07) is 43.2. The zero-order valence-corrected chi connectivity index (χ0v) is 28.0. The second-order valence-electron chi connectivity index (χ2n) is 10.8. The van der Waals surface area contributed by atoms with Crippen molar-refractivity contribution < 1.29 is 54.9 Å². The number of para-hydroxylation sites is 1. The van der Waals surface area contributed by atoms with Gasteiger partial charge >= 0.3 is 19.8 Å². The Bertz CT molecular complexity index is 2080. The summed E-state index contributed by atoms with van der Waals surface area (Å²) in [7, 11) is 0. The van der Waals surface area contributed by atoms with Crippen molar-refractivity contribution in [2.75, 3.05) is 0 Å². The first-order chi connectivity index (χ1) is 26.0. The number of ether oxygens (including phenoxy) is 3. The van der Waals surface area contributed by atoms with Crippen LogP contribution in [0.1, 0.15) is 47.8 Å². The Kier molecular flexibility index (Phi) is 15.1. The maximum atomic E-state index is 12.2. The van der Waals surface area contributed by atoms with Crippen molar-refractivity contribution >= 4 is 17.3 Å². The van der Waals surface area contributed by atoms with Gasteiger partial charge in [0.25, 0.3) is 0 Å². The highest BCUT2D eigenvalue weighted by Gasteiger charge is 2.17. The molecule has 6 rings (SSSR count). The normalized spacial score (nSPS) is 10.4. The van der Waals surface area contributed by atoms with Crippen LogP contribution in [0.5, 0.6) is 17.2 Å². The molecule has 0 bridgehead atoms. The molecule has 0 spiro atoms. The zero-order valence-electron chi connectivity index (χ0n) is 28.0. The molecule has 0 N–H and O–H groups in total. The van der Waals surface area contributed by atoms with Gasteiger partial charge < -0.3 is 14.2 Å². The van der Waals surface area contributed by atoms with Crippen molar-refractivity contribution in [2.24, 2.45) is 0 Å². The smallest absolute Gasteiger partial charge is 0.387 e. The predicted molar refractivity (Wildman–Crippen MR) is 189 cm³/mol. The maximum Gasteiger partial charge on any atom is 0.387 e. The first-order valence-corrected chi connectivity index (χ1v) is 15.9. The Morgan fingerprint density at radius 3 is 1.24 bits per heavy atom. The lowest BCUT2D eigenvalue weighted by Crippen LogP contribution is -2.08. The highest BCUT2D eigenvalue weighted by atomic mass is 19.3. The van der Waals surface area contributed by atoms with Gasteiger partial charge in [0.2, 0.25) is 0 Å². The topological polar surface area (TPSA) is 78.9 Å². The molecule has 0 heterocycles. The minimum atomic E-state index is -2.95. The third-order valence-electron chi connectivity index (χ3n) is 7.12. The fourth-order valence-corrected chi connectivity index (χ4v) is 4.71. The van der Waals surface area contributed by atoms with E-state index in [1.54, 1.807) is 103 Å². The number of hydrogen-bond donors (Lipinski definition) is 0. The molecule has 0 aromatic heterocycles. The molecule has 0 saturated carbocycles. The van der Waals surface area contributed by atoms with Crippen LogP contribution in [-0.4, -0.2) is 37.2 Å². The van der Waals surface area contributed by atoms with Gasteiger partial charge in [0.15, 0.2) is 17.3 Å². The van der Waals surface area contributed by atoms with Crippen LogP contribution < -0.4 is 14.2 Å². The molecule has 0 saturated heterocycles. The maximum absolute atomic E-state index is 12.2. The number of benzene rings is 6. The third kappa shape index (κ3) is 12.5. The van der Waals surface area contributed by atoms with Gasteiger partial charge in [0.1, 0.15) is 17.2 Å². The van der Waals surface area contributed by atoms with Gasteiger partial charge in [-0.1, -0.05) is 115 Å². The first kappa shape index (κ1) is 40.1. The lowest BCUT2D eigenvalue weighted by atomic mass is 10.0. The first-order valence-electron chi connectivity index (χ1n) is 15.9. The van der Waals surface area contributed by atoms with E-state index in [2.05, 4.69) is 14.2 Å². The van der Waals surface area contributed by atoms with Crippen molar-refractivity contribution in [3.8, 4) is 17.2 Å². The summed E-state index contributed by atoms with van der Waals surface area (Å²) >= 11 is 0. The van der Waals surface area contributed by atoms with Gasteiger partial charge in [-0.25, -0.2) is 0 Å². The molecule has 0 aliphatic rings. The van der Waals surface area contributed by atoms with Crippen LogP contribution in [0.4, 0.5) is 26.3 Å². The quantitative estimate of drug-likeness (QED) is 0.0917. The van der Waals surface area contributed by atoms with E-state index in [4.69, 9.17) is 0 Å². The Balaban J connectivity index is 0.000000180. The molecule has 0 fully saturated rings. The van der Waals surface area contributed by atoms with Crippen molar-refractivity contribution in [1.82, 2.24) is 0 Å². The Morgan fingerprint density at radius 1 is 0.352 bits per heavy atom. The van der Waals surface area contributed by atoms with E-state index in [1.165, 1.54) is 54.6 Å². The average Bonchev–Trinajstić information content (AvgIpc) is 3.18. The number of carbonyl (C=O) groups is 3. The largest absolute Gasteiger partial charge is 0.435 e. The zero-order chi connectivity index (χ0) is 38.9. The lowest BCUT2D eigenvalue weighted by Gasteiger charge is -2.09. The predicted octanol–water partition coefficient (Wildman–Crippen LogP) is 10.6. The highest BCUT2D eigenvalue weighted by Crippen LogP contribution is 2.23. The van der Waals surface area contributed by atoms with E-state index >= 15 is 0 Å². The van der Waals surface area contributed by atoms with Gasteiger partial charge in [-0.2, -0.15) is 26.3 Å². The molecule has 0 aliphatic carbocycles. The summed E-state index contributed by atoms with van der Waals surface area (Å²) < 4.78 is 85.3. The monoisotopic (exact) mass is 744 g/mol. The van der Waals surface area contributed by atoms with E-state index < -0.39 is 19.8 Å². The molecule has 0 aliphatic heterocycles. The molecular formula is C42H30F6O6. The summed E-state index contributed by atoms with van der Waals surface area (Å²) in [5.74, 6) is -0.816. The fraction of sp³-hybridized carbons (Fsp3) is 0.0714. The summed E-state index contributed by atoms with van der Waals surface area (Å²) in [5, 5.41) is 0. The van der Waals surface area contributed by atoms with Crippen molar-refractivity contribution in [3.63, 3.8) is 0 Å². The molecule has 6 nitrogen and oxygen atoms in total. The van der Waals surface area contributed by atoms with E-state index in [1.807, 2.05) is 6.07 Å². The van der Waals surface area contributed by atoms with E-state index in [-0.39, 0.29) is 40.2 Å². The SMILES string of the molecule is O=C(c1ccccc1)c1ccc(OC(F)F)cc1.O=C(c1ccccc1)c1cccc(OC(F)F)c1.O=C(c1ccccc1)c1ccccc1OC(F)F.